The number of carbonyl (C=O) groups is 1. The molecule has 6 heteroatoms. The quantitative estimate of drug-likeness (QED) is 0.813. The summed E-state index contributed by atoms with van der Waals surface area (Å²) in [5.74, 6) is 0.225. The highest BCUT2D eigenvalue weighted by atomic mass is 35.5. The summed E-state index contributed by atoms with van der Waals surface area (Å²) < 4.78 is 6.43. The monoisotopic (exact) mass is 298 g/mol. The van der Waals surface area contributed by atoms with Crippen molar-refractivity contribution >= 4 is 29.2 Å². The number of ether oxygens (including phenoxy) is 1. The Morgan fingerprint density at radius 3 is 2.84 bits per heavy atom. The van der Waals surface area contributed by atoms with Gasteiger partial charge in [-0.3, -0.25) is 0 Å². The molecule has 1 heterocycles. The molecule has 0 aliphatic heterocycles. The van der Waals surface area contributed by atoms with Gasteiger partial charge in [0.15, 0.2) is 0 Å². The van der Waals surface area contributed by atoms with Gasteiger partial charge in [-0.2, -0.15) is 0 Å². The van der Waals surface area contributed by atoms with Crippen LogP contribution in [0.3, 0.4) is 0 Å². The van der Waals surface area contributed by atoms with Gasteiger partial charge in [0.05, 0.1) is 12.1 Å². The Kier molecular flexibility index (Phi) is 4.12. The maximum atomic E-state index is 11.6. The van der Waals surface area contributed by atoms with Crippen LogP contribution in [0.5, 0.6) is 0 Å². The first kappa shape index (κ1) is 13.9. The smallest absolute Gasteiger partial charge is 0.328 e. The molecule has 100 valence electrons. The second-order valence-corrected chi connectivity index (χ2v) is 4.83. The van der Waals surface area contributed by atoms with Gasteiger partial charge in [-0.25, -0.2) is 9.78 Å². The minimum atomic E-state index is -0.488. The van der Waals surface area contributed by atoms with Gasteiger partial charge in [0.2, 0.25) is 0 Å². The van der Waals surface area contributed by atoms with Crippen LogP contribution >= 0.6 is 23.2 Å². The van der Waals surface area contributed by atoms with Crippen molar-refractivity contribution in [3.05, 3.63) is 40.6 Å². The lowest BCUT2D eigenvalue weighted by atomic mass is 10.2. The summed E-state index contributed by atoms with van der Waals surface area (Å²) in [4.78, 5) is 15.9. The molecule has 0 aliphatic carbocycles. The molecule has 0 spiro atoms. The zero-order chi connectivity index (χ0) is 14.0. The number of carbonyl (C=O) groups excluding carboxylic acids is 1. The van der Waals surface area contributed by atoms with Crippen molar-refractivity contribution in [2.24, 2.45) is 0 Å². The second-order valence-electron chi connectivity index (χ2n) is 3.98. The molecule has 0 radical (unpaired) electrons. The molecule has 2 rings (SSSR count). The maximum absolute atomic E-state index is 11.6. The van der Waals surface area contributed by atoms with Crippen LogP contribution in [0.15, 0.2) is 30.6 Å². The molecule has 19 heavy (non-hydrogen) atoms. The Labute approximate surface area is 120 Å². The number of methoxy groups -OCH3 is 1. The van der Waals surface area contributed by atoms with Crippen LogP contribution in [-0.4, -0.2) is 22.6 Å². The first-order valence-corrected chi connectivity index (χ1v) is 6.36. The molecular formula is C13H12Cl2N2O2. The van der Waals surface area contributed by atoms with E-state index in [9.17, 15) is 4.79 Å². The molecule has 0 saturated heterocycles. The zero-order valence-electron chi connectivity index (χ0n) is 10.4. The van der Waals surface area contributed by atoms with Gasteiger partial charge in [-0.05, 0) is 25.1 Å². The van der Waals surface area contributed by atoms with E-state index in [-0.39, 0.29) is 5.97 Å². The number of imidazole rings is 1. The Morgan fingerprint density at radius 2 is 2.16 bits per heavy atom. The lowest BCUT2D eigenvalue weighted by Crippen LogP contribution is -2.18. The summed E-state index contributed by atoms with van der Waals surface area (Å²) >= 11 is 12.1. The first-order valence-electron chi connectivity index (χ1n) is 5.60. The fourth-order valence-electron chi connectivity index (χ4n) is 1.79. The molecule has 0 aliphatic rings. The highest BCUT2D eigenvalue weighted by Crippen LogP contribution is 2.31. The minimum absolute atomic E-state index is 0.350. The first-order chi connectivity index (χ1) is 9.04. The van der Waals surface area contributed by atoms with E-state index in [0.717, 1.165) is 0 Å². The fourth-order valence-corrected chi connectivity index (χ4v) is 2.16. The van der Waals surface area contributed by atoms with Crippen molar-refractivity contribution in [1.29, 1.82) is 0 Å². The van der Waals surface area contributed by atoms with E-state index in [2.05, 4.69) is 4.98 Å². The van der Waals surface area contributed by atoms with Gasteiger partial charge in [0, 0.05) is 23.0 Å². The summed E-state index contributed by atoms with van der Waals surface area (Å²) in [6.45, 7) is 1.73. The number of esters is 1. The highest BCUT2D eigenvalue weighted by Gasteiger charge is 2.20. The molecule has 0 bridgehead atoms. The minimum Gasteiger partial charge on any atom is -0.467 e. The summed E-state index contributed by atoms with van der Waals surface area (Å²) in [7, 11) is 1.35. The van der Waals surface area contributed by atoms with E-state index in [1.807, 2.05) is 0 Å². The Balaban J connectivity index is 2.50. The summed E-state index contributed by atoms with van der Waals surface area (Å²) in [5.41, 5.74) is 0.676. The fraction of sp³-hybridized carbons (Fsp3) is 0.231. The average molecular weight is 299 g/mol. The summed E-state index contributed by atoms with van der Waals surface area (Å²) in [5, 5.41) is 1.08. The van der Waals surface area contributed by atoms with Crippen molar-refractivity contribution in [2.75, 3.05) is 7.11 Å². The van der Waals surface area contributed by atoms with E-state index in [0.29, 0.717) is 21.4 Å². The molecule has 1 aromatic carbocycles. The van der Waals surface area contributed by atoms with Crippen molar-refractivity contribution in [3.8, 4) is 11.4 Å². The molecule has 0 fully saturated rings. The molecule has 0 saturated carbocycles. The highest BCUT2D eigenvalue weighted by molar-refractivity contribution is 6.35. The van der Waals surface area contributed by atoms with Crippen molar-refractivity contribution in [2.45, 2.75) is 13.0 Å². The molecular weight excluding hydrogens is 287 g/mol. The third-order valence-corrected chi connectivity index (χ3v) is 3.36. The third-order valence-electron chi connectivity index (χ3n) is 2.80. The predicted octanol–water partition coefficient (Wildman–Crippen LogP) is 3.59. The molecule has 0 amide bonds. The number of nitrogens with zero attached hydrogens (tertiary/aromatic N) is 2. The summed E-state index contributed by atoms with van der Waals surface area (Å²) in [6.07, 6.45) is 3.31. The van der Waals surface area contributed by atoms with E-state index in [4.69, 9.17) is 27.9 Å². The van der Waals surface area contributed by atoms with Crippen molar-refractivity contribution in [3.63, 3.8) is 0 Å². The van der Waals surface area contributed by atoms with Crippen LogP contribution in [0.25, 0.3) is 11.4 Å². The van der Waals surface area contributed by atoms with Crippen LogP contribution in [0.4, 0.5) is 0 Å². The SMILES string of the molecule is COC(=O)C(C)n1ccnc1-c1cc(Cl)ccc1Cl. The lowest BCUT2D eigenvalue weighted by Gasteiger charge is -2.14. The zero-order valence-corrected chi connectivity index (χ0v) is 11.9. The van der Waals surface area contributed by atoms with Gasteiger partial charge in [-0.1, -0.05) is 23.2 Å². The molecule has 0 N–H and O–H groups in total. The van der Waals surface area contributed by atoms with E-state index >= 15 is 0 Å². The Morgan fingerprint density at radius 1 is 1.42 bits per heavy atom. The Bertz CT molecular complexity index is 610. The van der Waals surface area contributed by atoms with Gasteiger partial charge in [0.25, 0.3) is 0 Å². The van der Waals surface area contributed by atoms with Crippen LogP contribution in [0.2, 0.25) is 10.0 Å². The predicted molar refractivity (Wildman–Crippen MR) is 74.4 cm³/mol. The third kappa shape index (κ3) is 2.74. The van der Waals surface area contributed by atoms with Gasteiger partial charge >= 0.3 is 5.97 Å². The number of hydrogen-bond acceptors (Lipinski definition) is 3. The maximum Gasteiger partial charge on any atom is 0.328 e. The van der Waals surface area contributed by atoms with Gasteiger partial charge in [0.1, 0.15) is 11.9 Å². The number of benzene rings is 1. The van der Waals surface area contributed by atoms with E-state index < -0.39 is 6.04 Å². The largest absolute Gasteiger partial charge is 0.467 e. The number of halogens is 2. The van der Waals surface area contributed by atoms with Crippen LogP contribution < -0.4 is 0 Å². The molecule has 1 atom stereocenters. The molecule has 1 unspecified atom stereocenters. The number of hydrogen-bond donors (Lipinski definition) is 0. The van der Waals surface area contributed by atoms with Gasteiger partial charge in [-0.15, -0.1) is 0 Å². The van der Waals surface area contributed by atoms with Gasteiger partial charge < -0.3 is 9.30 Å². The second kappa shape index (κ2) is 5.63. The van der Waals surface area contributed by atoms with Crippen LogP contribution in [0, 0.1) is 0 Å². The normalized spacial score (nSPS) is 12.2. The molecule has 2 aromatic rings. The van der Waals surface area contributed by atoms with E-state index in [1.165, 1.54) is 7.11 Å². The number of aromatic nitrogens is 2. The van der Waals surface area contributed by atoms with Crippen molar-refractivity contribution < 1.29 is 9.53 Å². The van der Waals surface area contributed by atoms with Crippen molar-refractivity contribution in [1.82, 2.24) is 9.55 Å². The summed E-state index contributed by atoms with van der Waals surface area (Å²) in [6, 6.07) is 4.62. The number of rotatable bonds is 3. The molecule has 4 nitrogen and oxygen atoms in total. The average Bonchev–Trinajstić information content (AvgIpc) is 2.88. The molecule has 1 aromatic heterocycles. The lowest BCUT2D eigenvalue weighted by molar-refractivity contribution is -0.143. The van der Waals surface area contributed by atoms with Crippen LogP contribution in [-0.2, 0) is 9.53 Å². The standard InChI is InChI=1S/C13H12Cl2N2O2/c1-8(13(18)19-2)17-6-5-16-12(17)10-7-9(14)3-4-11(10)15/h3-8H,1-2H3. The topological polar surface area (TPSA) is 44.1 Å². The van der Waals surface area contributed by atoms with Crippen LogP contribution in [0.1, 0.15) is 13.0 Å². The van der Waals surface area contributed by atoms with E-state index in [1.54, 1.807) is 42.1 Å². The Hall–Kier alpha value is -1.52.